The molecule has 8 nitrogen and oxygen atoms in total. The van der Waals surface area contributed by atoms with Crippen LogP contribution in [0.3, 0.4) is 0 Å². The number of thiazole rings is 1. The average molecular weight is 510 g/mol. The molecular weight excluding hydrogens is 478 g/mol. The summed E-state index contributed by atoms with van der Waals surface area (Å²) in [5.41, 5.74) is 1.35. The van der Waals surface area contributed by atoms with Crippen molar-refractivity contribution in [1.29, 1.82) is 0 Å². The van der Waals surface area contributed by atoms with E-state index in [1.807, 2.05) is 48.5 Å². The van der Waals surface area contributed by atoms with Crippen molar-refractivity contribution in [3.05, 3.63) is 70.2 Å². The van der Waals surface area contributed by atoms with E-state index in [2.05, 4.69) is 15.6 Å². The Morgan fingerprint density at radius 1 is 0.917 bits per heavy atom. The Hall–Kier alpha value is -3.59. The van der Waals surface area contributed by atoms with E-state index in [1.165, 1.54) is 11.3 Å². The molecule has 0 aliphatic heterocycles. The second-order valence-electron chi connectivity index (χ2n) is 8.68. The standard InChI is InChI=1S/C27H31N3O5S/c1-33-21-13-7-18(8-14-21)15-25(31)28-19-9-11-20(12-10-19)29-27(32)22-17-36-26(30-22)16-35-24-6-4-3-5-23(24)34-2/h3-8,13-14,17,19-20H,9-12,15-16H2,1-2H3,(H,28,31)(H,29,32). The number of para-hydroxylation sites is 2. The Labute approximate surface area is 215 Å². The molecule has 2 aromatic carbocycles. The number of nitrogens with one attached hydrogen (secondary N) is 2. The summed E-state index contributed by atoms with van der Waals surface area (Å²) in [6.07, 6.45) is 3.62. The van der Waals surface area contributed by atoms with Gasteiger partial charge < -0.3 is 24.8 Å². The van der Waals surface area contributed by atoms with E-state index >= 15 is 0 Å². The van der Waals surface area contributed by atoms with Crippen LogP contribution in [0.1, 0.15) is 46.7 Å². The van der Waals surface area contributed by atoms with Crippen LogP contribution in [0.2, 0.25) is 0 Å². The lowest BCUT2D eigenvalue weighted by molar-refractivity contribution is -0.121. The number of carbonyl (C=O) groups is 2. The van der Waals surface area contributed by atoms with Gasteiger partial charge in [0.1, 0.15) is 23.1 Å². The molecule has 1 saturated carbocycles. The van der Waals surface area contributed by atoms with Crippen LogP contribution in [0.15, 0.2) is 53.9 Å². The number of ether oxygens (including phenoxy) is 3. The quantitative estimate of drug-likeness (QED) is 0.426. The maximum absolute atomic E-state index is 12.7. The van der Waals surface area contributed by atoms with Crippen LogP contribution >= 0.6 is 11.3 Å². The molecule has 0 saturated heterocycles. The van der Waals surface area contributed by atoms with Crippen LogP contribution in [-0.2, 0) is 17.8 Å². The van der Waals surface area contributed by atoms with Gasteiger partial charge >= 0.3 is 0 Å². The highest BCUT2D eigenvalue weighted by molar-refractivity contribution is 7.09. The number of carbonyl (C=O) groups excluding carboxylic acids is 2. The van der Waals surface area contributed by atoms with Crippen LogP contribution < -0.4 is 24.8 Å². The van der Waals surface area contributed by atoms with Gasteiger partial charge in [0.2, 0.25) is 5.91 Å². The molecule has 1 heterocycles. The largest absolute Gasteiger partial charge is 0.497 e. The number of aromatic nitrogens is 1. The van der Waals surface area contributed by atoms with Crippen LogP contribution in [-0.4, -0.2) is 43.1 Å². The number of nitrogens with zero attached hydrogens (tertiary/aromatic N) is 1. The minimum atomic E-state index is -0.179. The van der Waals surface area contributed by atoms with Gasteiger partial charge in [0.15, 0.2) is 11.5 Å². The lowest BCUT2D eigenvalue weighted by Gasteiger charge is -2.29. The molecule has 0 spiro atoms. The first-order valence-corrected chi connectivity index (χ1v) is 12.9. The summed E-state index contributed by atoms with van der Waals surface area (Å²) in [5.74, 6) is 1.89. The second kappa shape index (κ2) is 12.4. The minimum Gasteiger partial charge on any atom is -0.497 e. The molecule has 9 heteroatoms. The molecule has 0 radical (unpaired) electrons. The molecule has 1 aromatic heterocycles. The minimum absolute atomic E-state index is 0.0120. The van der Waals surface area contributed by atoms with Crippen molar-refractivity contribution in [3.63, 3.8) is 0 Å². The van der Waals surface area contributed by atoms with Gasteiger partial charge in [-0.25, -0.2) is 4.98 Å². The Kier molecular flexibility index (Phi) is 8.78. The summed E-state index contributed by atoms with van der Waals surface area (Å²) < 4.78 is 16.2. The summed E-state index contributed by atoms with van der Waals surface area (Å²) in [5, 5.41) is 8.68. The Morgan fingerprint density at radius 2 is 1.58 bits per heavy atom. The summed E-state index contributed by atoms with van der Waals surface area (Å²) in [6.45, 7) is 0.264. The number of methoxy groups -OCH3 is 2. The van der Waals surface area contributed by atoms with Crippen molar-refractivity contribution >= 4 is 23.2 Å². The van der Waals surface area contributed by atoms with Gasteiger partial charge in [-0.1, -0.05) is 24.3 Å². The first-order chi connectivity index (χ1) is 17.5. The van der Waals surface area contributed by atoms with Gasteiger partial charge in [0.25, 0.3) is 5.91 Å². The Bertz CT molecular complexity index is 1160. The van der Waals surface area contributed by atoms with Gasteiger partial charge in [-0.3, -0.25) is 9.59 Å². The van der Waals surface area contributed by atoms with E-state index in [0.717, 1.165) is 37.0 Å². The molecule has 4 rings (SSSR count). The lowest BCUT2D eigenvalue weighted by atomic mass is 9.91. The molecule has 1 aliphatic rings. The lowest BCUT2D eigenvalue weighted by Crippen LogP contribution is -2.44. The maximum atomic E-state index is 12.7. The molecule has 1 fully saturated rings. The normalized spacial score (nSPS) is 17.2. The van der Waals surface area contributed by atoms with Crippen molar-refractivity contribution in [2.24, 2.45) is 0 Å². The van der Waals surface area contributed by atoms with Gasteiger partial charge in [0, 0.05) is 17.5 Å². The van der Waals surface area contributed by atoms with Crippen LogP contribution in [0.25, 0.3) is 0 Å². The fourth-order valence-corrected chi connectivity index (χ4v) is 4.89. The fourth-order valence-electron chi connectivity index (χ4n) is 4.21. The summed E-state index contributed by atoms with van der Waals surface area (Å²) in [6, 6.07) is 15.1. The van der Waals surface area contributed by atoms with Crippen molar-refractivity contribution in [3.8, 4) is 17.2 Å². The molecule has 0 bridgehead atoms. The first-order valence-electron chi connectivity index (χ1n) is 12.0. The Balaban J connectivity index is 1.19. The number of hydrogen-bond donors (Lipinski definition) is 2. The molecule has 2 amide bonds. The van der Waals surface area contributed by atoms with E-state index in [-0.39, 0.29) is 30.5 Å². The van der Waals surface area contributed by atoms with Gasteiger partial charge in [-0.2, -0.15) is 0 Å². The summed E-state index contributed by atoms with van der Waals surface area (Å²) in [7, 11) is 3.21. The SMILES string of the molecule is COc1ccc(CC(=O)NC2CCC(NC(=O)c3csc(COc4ccccc4OC)n3)CC2)cc1. The number of rotatable bonds is 10. The monoisotopic (exact) mass is 509 g/mol. The molecular formula is C27H31N3O5S. The summed E-state index contributed by atoms with van der Waals surface area (Å²) in [4.78, 5) is 29.6. The smallest absolute Gasteiger partial charge is 0.270 e. The number of hydrogen-bond acceptors (Lipinski definition) is 7. The van der Waals surface area contributed by atoms with Gasteiger partial charge in [-0.15, -0.1) is 11.3 Å². The third-order valence-electron chi connectivity index (χ3n) is 6.16. The van der Waals surface area contributed by atoms with Crippen LogP contribution in [0, 0.1) is 0 Å². The first kappa shape index (κ1) is 25.5. The zero-order chi connectivity index (χ0) is 25.3. The molecule has 36 heavy (non-hydrogen) atoms. The van der Waals surface area contributed by atoms with Crippen molar-refractivity contribution < 1.29 is 23.8 Å². The summed E-state index contributed by atoms with van der Waals surface area (Å²) >= 11 is 1.39. The highest BCUT2D eigenvalue weighted by Crippen LogP contribution is 2.27. The van der Waals surface area contributed by atoms with E-state index in [1.54, 1.807) is 19.6 Å². The molecule has 3 aromatic rings. The van der Waals surface area contributed by atoms with E-state index in [0.29, 0.717) is 28.6 Å². The van der Waals surface area contributed by atoms with Gasteiger partial charge in [-0.05, 0) is 55.5 Å². The highest BCUT2D eigenvalue weighted by atomic mass is 32.1. The van der Waals surface area contributed by atoms with E-state index < -0.39 is 0 Å². The average Bonchev–Trinajstić information content (AvgIpc) is 3.38. The molecule has 0 atom stereocenters. The zero-order valence-corrected chi connectivity index (χ0v) is 21.3. The third-order valence-corrected chi connectivity index (χ3v) is 6.98. The number of benzene rings is 2. The van der Waals surface area contributed by atoms with Crippen molar-refractivity contribution in [2.75, 3.05) is 14.2 Å². The highest BCUT2D eigenvalue weighted by Gasteiger charge is 2.24. The van der Waals surface area contributed by atoms with Crippen LogP contribution in [0.4, 0.5) is 0 Å². The molecule has 1 aliphatic carbocycles. The van der Waals surface area contributed by atoms with Crippen LogP contribution in [0.5, 0.6) is 17.2 Å². The topological polar surface area (TPSA) is 98.8 Å². The fraction of sp³-hybridized carbons (Fsp3) is 0.370. The third kappa shape index (κ3) is 6.97. The van der Waals surface area contributed by atoms with E-state index in [4.69, 9.17) is 14.2 Å². The molecule has 0 unspecified atom stereocenters. The van der Waals surface area contributed by atoms with Gasteiger partial charge in [0.05, 0.1) is 20.6 Å². The number of amides is 2. The molecule has 2 N–H and O–H groups in total. The van der Waals surface area contributed by atoms with E-state index in [9.17, 15) is 9.59 Å². The predicted molar refractivity (Wildman–Crippen MR) is 138 cm³/mol. The van der Waals surface area contributed by atoms with Crippen molar-refractivity contribution in [2.45, 2.75) is 50.8 Å². The molecule has 190 valence electrons. The zero-order valence-electron chi connectivity index (χ0n) is 20.5. The van der Waals surface area contributed by atoms with Crippen molar-refractivity contribution in [1.82, 2.24) is 15.6 Å². The maximum Gasteiger partial charge on any atom is 0.270 e. The second-order valence-corrected chi connectivity index (χ2v) is 9.62. The Morgan fingerprint density at radius 3 is 2.25 bits per heavy atom. The predicted octanol–water partition coefficient (Wildman–Crippen LogP) is 4.14.